The van der Waals surface area contributed by atoms with Crippen LogP contribution in [0.2, 0.25) is 0 Å². The predicted molar refractivity (Wildman–Crippen MR) is 53.0 cm³/mol. The molecule has 72 valence electrons. The normalized spacial score (nSPS) is 12.5. The lowest BCUT2D eigenvalue weighted by molar-refractivity contribution is 0.183. The van der Waals surface area contributed by atoms with Crippen molar-refractivity contribution in [3.05, 3.63) is 11.3 Å². The van der Waals surface area contributed by atoms with Crippen molar-refractivity contribution >= 4 is 0 Å². The van der Waals surface area contributed by atoms with Crippen LogP contribution in [-0.2, 0) is 0 Å². The maximum Gasteiger partial charge on any atom is 0.0566 e. The molecule has 0 rings (SSSR count). The highest BCUT2D eigenvalue weighted by Crippen LogP contribution is 2.14. The first-order valence-corrected chi connectivity index (χ1v) is 4.54. The molecule has 0 saturated heterocycles. The molecule has 12 heavy (non-hydrogen) atoms. The van der Waals surface area contributed by atoms with Crippen LogP contribution in [0.25, 0.3) is 0 Å². The third-order valence-electron chi connectivity index (χ3n) is 2.00. The van der Waals surface area contributed by atoms with Gasteiger partial charge in [-0.05, 0) is 27.7 Å². The van der Waals surface area contributed by atoms with Gasteiger partial charge in [-0.1, -0.05) is 5.57 Å². The third kappa shape index (κ3) is 3.77. The van der Waals surface area contributed by atoms with E-state index in [9.17, 15) is 5.11 Å². The fraction of sp³-hybridized carbons (Fsp3) is 0.800. The first kappa shape index (κ1) is 11.5. The predicted octanol–water partition coefficient (Wildman–Crippen LogP) is 2.00. The van der Waals surface area contributed by atoms with Crippen LogP contribution < -0.4 is 0 Å². The van der Waals surface area contributed by atoms with Gasteiger partial charge in [0.15, 0.2) is 0 Å². The zero-order chi connectivity index (χ0) is 9.72. The number of rotatable bonds is 4. The van der Waals surface area contributed by atoms with Gasteiger partial charge in [0.1, 0.15) is 0 Å². The van der Waals surface area contributed by atoms with E-state index in [0.717, 1.165) is 13.0 Å². The molecule has 0 aromatic carbocycles. The molecular formula is C10H21NO. The lowest BCUT2D eigenvalue weighted by Crippen LogP contribution is -2.21. The molecule has 0 saturated carbocycles. The van der Waals surface area contributed by atoms with Crippen molar-refractivity contribution < 1.29 is 5.11 Å². The molecule has 1 N–H and O–H groups in total. The molecule has 0 spiro atoms. The summed E-state index contributed by atoms with van der Waals surface area (Å²) < 4.78 is 0. The number of nitrogens with zero attached hydrogens (tertiary/aromatic N) is 1. The van der Waals surface area contributed by atoms with E-state index in [2.05, 4.69) is 32.7 Å². The average molecular weight is 171 g/mol. The number of allylic oxidation sites excluding steroid dienone is 1. The van der Waals surface area contributed by atoms with E-state index < -0.39 is 0 Å². The zero-order valence-electron chi connectivity index (χ0n) is 8.89. The van der Waals surface area contributed by atoms with Crippen molar-refractivity contribution in [3.63, 3.8) is 0 Å². The highest BCUT2D eigenvalue weighted by atomic mass is 16.3. The molecule has 0 amide bonds. The Kier molecular flexibility index (Phi) is 4.98. The summed E-state index contributed by atoms with van der Waals surface area (Å²) in [6.45, 7) is 9.11. The fourth-order valence-corrected chi connectivity index (χ4v) is 1.21. The second-order valence-electron chi connectivity index (χ2n) is 3.51. The highest BCUT2D eigenvalue weighted by Gasteiger charge is 2.07. The van der Waals surface area contributed by atoms with Gasteiger partial charge in [0.2, 0.25) is 0 Å². The number of hydrogen-bond acceptors (Lipinski definition) is 2. The van der Waals surface area contributed by atoms with Gasteiger partial charge < -0.3 is 10.0 Å². The number of aliphatic hydroxyl groups excluding tert-OH is 1. The van der Waals surface area contributed by atoms with Crippen LogP contribution in [0.4, 0.5) is 0 Å². The van der Waals surface area contributed by atoms with Crippen molar-refractivity contribution in [3.8, 4) is 0 Å². The molecule has 0 aliphatic heterocycles. The summed E-state index contributed by atoms with van der Waals surface area (Å²) in [6, 6.07) is 0. The summed E-state index contributed by atoms with van der Waals surface area (Å²) in [5.74, 6) is 0. The standard InChI is InChI=1S/C10H21NO/c1-6-11(5)10(8(2)3)7-9(4)12/h9,12H,6-7H2,1-5H3. The van der Waals surface area contributed by atoms with Gasteiger partial charge in [0, 0.05) is 25.7 Å². The van der Waals surface area contributed by atoms with Crippen molar-refractivity contribution in [1.82, 2.24) is 4.90 Å². The van der Waals surface area contributed by atoms with E-state index in [0.29, 0.717) is 0 Å². The van der Waals surface area contributed by atoms with Crippen LogP contribution in [0.15, 0.2) is 11.3 Å². The summed E-state index contributed by atoms with van der Waals surface area (Å²) in [5, 5.41) is 9.26. The lowest BCUT2D eigenvalue weighted by atomic mass is 10.1. The average Bonchev–Trinajstić information content (AvgIpc) is 1.98. The highest BCUT2D eigenvalue weighted by molar-refractivity contribution is 5.08. The summed E-state index contributed by atoms with van der Waals surface area (Å²) in [6.07, 6.45) is 0.510. The van der Waals surface area contributed by atoms with E-state index >= 15 is 0 Å². The minimum absolute atomic E-state index is 0.246. The van der Waals surface area contributed by atoms with Crippen LogP contribution in [0, 0.1) is 0 Å². The Morgan fingerprint density at radius 1 is 1.42 bits per heavy atom. The number of aliphatic hydroxyl groups is 1. The van der Waals surface area contributed by atoms with Crippen molar-refractivity contribution in [1.29, 1.82) is 0 Å². The van der Waals surface area contributed by atoms with E-state index in [4.69, 9.17) is 0 Å². The maximum absolute atomic E-state index is 9.26. The SMILES string of the molecule is CCN(C)C(CC(C)O)=C(C)C. The summed E-state index contributed by atoms with van der Waals surface area (Å²) in [4.78, 5) is 2.18. The van der Waals surface area contributed by atoms with Crippen LogP contribution in [-0.4, -0.2) is 29.7 Å². The van der Waals surface area contributed by atoms with Gasteiger partial charge in [-0.15, -0.1) is 0 Å². The second kappa shape index (κ2) is 5.20. The molecule has 0 bridgehead atoms. The van der Waals surface area contributed by atoms with Crippen molar-refractivity contribution in [2.75, 3.05) is 13.6 Å². The molecule has 1 unspecified atom stereocenters. The van der Waals surface area contributed by atoms with Gasteiger partial charge in [-0.2, -0.15) is 0 Å². The molecule has 0 aromatic rings. The summed E-state index contributed by atoms with van der Waals surface area (Å²) in [5.41, 5.74) is 2.55. The molecule has 0 aliphatic rings. The fourth-order valence-electron chi connectivity index (χ4n) is 1.21. The first-order valence-electron chi connectivity index (χ1n) is 4.54. The topological polar surface area (TPSA) is 23.5 Å². The minimum atomic E-state index is -0.246. The van der Waals surface area contributed by atoms with E-state index in [-0.39, 0.29) is 6.10 Å². The molecule has 2 heteroatoms. The van der Waals surface area contributed by atoms with E-state index in [1.165, 1.54) is 11.3 Å². The van der Waals surface area contributed by atoms with Crippen molar-refractivity contribution in [2.24, 2.45) is 0 Å². The number of hydrogen-bond donors (Lipinski definition) is 1. The molecule has 0 aliphatic carbocycles. The van der Waals surface area contributed by atoms with Crippen LogP contribution in [0.1, 0.15) is 34.1 Å². The quantitative estimate of drug-likeness (QED) is 0.699. The summed E-state index contributed by atoms with van der Waals surface area (Å²) >= 11 is 0. The molecule has 2 nitrogen and oxygen atoms in total. The van der Waals surface area contributed by atoms with Crippen LogP contribution >= 0.6 is 0 Å². The van der Waals surface area contributed by atoms with Gasteiger partial charge >= 0.3 is 0 Å². The molecule has 0 fully saturated rings. The lowest BCUT2D eigenvalue weighted by Gasteiger charge is -2.23. The zero-order valence-corrected chi connectivity index (χ0v) is 8.89. The third-order valence-corrected chi connectivity index (χ3v) is 2.00. The Balaban J connectivity index is 4.36. The molecule has 0 radical (unpaired) electrons. The smallest absolute Gasteiger partial charge is 0.0566 e. The Hall–Kier alpha value is -0.500. The first-order chi connectivity index (χ1) is 5.49. The molecule has 0 aromatic heterocycles. The van der Waals surface area contributed by atoms with E-state index in [1.807, 2.05) is 6.92 Å². The monoisotopic (exact) mass is 171 g/mol. The molecule has 1 atom stereocenters. The largest absolute Gasteiger partial charge is 0.393 e. The van der Waals surface area contributed by atoms with Gasteiger partial charge in [0.25, 0.3) is 0 Å². The van der Waals surface area contributed by atoms with Crippen LogP contribution in [0.3, 0.4) is 0 Å². The van der Waals surface area contributed by atoms with Crippen LogP contribution in [0.5, 0.6) is 0 Å². The maximum atomic E-state index is 9.26. The summed E-state index contributed by atoms with van der Waals surface area (Å²) in [7, 11) is 2.06. The van der Waals surface area contributed by atoms with E-state index in [1.54, 1.807) is 0 Å². The Morgan fingerprint density at radius 3 is 2.17 bits per heavy atom. The second-order valence-corrected chi connectivity index (χ2v) is 3.51. The van der Waals surface area contributed by atoms with Gasteiger partial charge in [-0.3, -0.25) is 0 Å². The van der Waals surface area contributed by atoms with Gasteiger partial charge in [0.05, 0.1) is 6.10 Å². The van der Waals surface area contributed by atoms with Gasteiger partial charge in [-0.25, -0.2) is 0 Å². The Labute approximate surface area is 75.9 Å². The minimum Gasteiger partial charge on any atom is -0.393 e. The Bertz CT molecular complexity index is 157. The van der Waals surface area contributed by atoms with Crippen molar-refractivity contribution in [2.45, 2.75) is 40.2 Å². The molecular weight excluding hydrogens is 150 g/mol. The Morgan fingerprint density at radius 2 is 1.92 bits per heavy atom. The molecule has 0 heterocycles.